The van der Waals surface area contributed by atoms with Crippen LogP contribution in [0.3, 0.4) is 0 Å². The molecular weight excluding hydrogens is 360 g/mol. The Morgan fingerprint density at radius 2 is 1.88 bits per heavy atom. The van der Waals surface area contributed by atoms with Crippen LogP contribution in [0.2, 0.25) is 5.02 Å². The second-order valence-corrected chi connectivity index (χ2v) is 7.83. The summed E-state index contributed by atoms with van der Waals surface area (Å²) in [5.41, 5.74) is 1.63. The number of aryl methyl sites for hydroxylation is 1. The van der Waals surface area contributed by atoms with Gasteiger partial charge < -0.3 is 5.32 Å². The standard InChI is InChI=1S/C18H19ClN2O3S/c1-4-11-20-18(22)14-5-10-17(13(2)12-14)21(3)25(23,24)16-8-6-15(19)7-9-16/h4-10,12H,1,11H2,2-3H3,(H,20,22). The summed E-state index contributed by atoms with van der Waals surface area (Å²) in [6.07, 6.45) is 1.59. The van der Waals surface area contributed by atoms with Gasteiger partial charge in [-0.25, -0.2) is 8.42 Å². The molecule has 2 rings (SSSR count). The molecule has 0 aliphatic rings. The van der Waals surface area contributed by atoms with Crippen molar-refractivity contribution in [2.45, 2.75) is 11.8 Å². The van der Waals surface area contributed by atoms with E-state index in [9.17, 15) is 13.2 Å². The molecule has 7 heteroatoms. The number of nitrogens with zero attached hydrogens (tertiary/aromatic N) is 1. The van der Waals surface area contributed by atoms with Crippen LogP contribution in [0.5, 0.6) is 0 Å². The van der Waals surface area contributed by atoms with Crippen LogP contribution in [0.25, 0.3) is 0 Å². The van der Waals surface area contributed by atoms with Gasteiger partial charge in [-0.15, -0.1) is 6.58 Å². The average Bonchev–Trinajstić information content (AvgIpc) is 2.59. The molecule has 0 atom stereocenters. The number of carbonyl (C=O) groups excluding carboxylic acids is 1. The van der Waals surface area contributed by atoms with Gasteiger partial charge in [-0.3, -0.25) is 9.10 Å². The van der Waals surface area contributed by atoms with Crippen molar-refractivity contribution in [3.63, 3.8) is 0 Å². The summed E-state index contributed by atoms with van der Waals surface area (Å²) in [5.74, 6) is -0.238. The number of benzene rings is 2. The van der Waals surface area contributed by atoms with Crippen LogP contribution in [-0.2, 0) is 10.0 Å². The monoisotopic (exact) mass is 378 g/mol. The molecular formula is C18H19ClN2O3S. The average molecular weight is 379 g/mol. The Labute approximate surface area is 153 Å². The maximum Gasteiger partial charge on any atom is 0.264 e. The molecule has 0 fully saturated rings. The molecule has 0 saturated carbocycles. The Balaban J connectivity index is 2.33. The SMILES string of the molecule is C=CCNC(=O)c1ccc(N(C)S(=O)(=O)c2ccc(Cl)cc2)c(C)c1. The number of rotatable bonds is 6. The fourth-order valence-corrected chi connectivity index (χ4v) is 3.70. The van der Waals surface area contributed by atoms with Crippen LogP contribution in [-0.4, -0.2) is 27.9 Å². The summed E-state index contributed by atoms with van der Waals surface area (Å²) in [7, 11) is -2.24. The van der Waals surface area contributed by atoms with Crippen molar-refractivity contribution in [1.29, 1.82) is 0 Å². The van der Waals surface area contributed by atoms with E-state index in [2.05, 4.69) is 11.9 Å². The first-order valence-electron chi connectivity index (χ1n) is 7.51. The van der Waals surface area contributed by atoms with E-state index in [0.717, 1.165) is 0 Å². The molecule has 0 spiro atoms. The molecule has 0 aliphatic heterocycles. The highest BCUT2D eigenvalue weighted by atomic mass is 35.5. The van der Waals surface area contributed by atoms with Crippen LogP contribution in [0, 0.1) is 6.92 Å². The van der Waals surface area contributed by atoms with Crippen LogP contribution in [0.4, 0.5) is 5.69 Å². The number of hydrogen-bond donors (Lipinski definition) is 1. The smallest absolute Gasteiger partial charge is 0.264 e. The maximum absolute atomic E-state index is 12.7. The van der Waals surface area contributed by atoms with Crippen molar-refractivity contribution >= 4 is 33.2 Å². The highest BCUT2D eigenvalue weighted by Crippen LogP contribution is 2.26. The number of carbonyl (C=O) groups is 1. The number of hydrogen-bond acceptors (Lipinski definition) is 3. The van der Waals surface area contributed by atoms with Gasteiger partial charge in [0.1, 0.15) is 0 Å². The van der Waals surface area contributed by atoms with Gasteiger partial charge >= 0.3 is 0 Å². The van der Waals surface area contributed by atoms with E-state index in [0.29, 0.717) is 28.4 Å². The molecule has 2 aromatic carbocycles. The van der Waals surface area contributed by atoms with E-state index in [4.69, 9.17) is 11.6 Å². The minimum atomic E-state index is -3.72. The first kappa shape index (κ1) is 19.0. The number of nitrogens with one attached hydrogen (secondary N) is 1. The molecule has 0 unspecified atom stereocenters. The van der Waals surface area contributed by atoms with Gasteiger partial charge in [0.25, 0.3) is 15.9 Å². The predicted molar refractivity (Wildman–Crippen MR) is 101 cm³/mol. The summed E-state index contributed by atoms with van der Waals surface area (Å²) in [6, 6.07) is 10.8. The lowest BCUT2D eigenvalue weighted by Crippen LogP contribution is -2.28. The Morgan fingerprint density at radius 1 is 1.24 bits per heavy atom. The quantitative estimate of drug-likeness (QED) is 0.783. The molecule has 25 heavy (non-hydrogen) atoms. The number of anilines is 1. The third-order valence-electron chi connectivity index (χ3n) is 3.68. The predicted octanol–water partition coefficient (Wildman–Crippen LogP) is 3.39. The van der Waals surface area contributed by atoms with Gasteiger partial charge in [0.15, 0.2) is 0 Å². The zero-order valence-corrected chi connectivity index (χ0v) is 15.6. The topological polar surface area (TPSA) is 66.5 Å². The molecule has 0 bridgehead atoms. The van der Waals surface area contributed by atoms with Crippen LogP contribution < -0.4 is 9.62 Å². The lowest BCUT2D eigenvalue weighted by molar-refractivity contribution is 0.0958. The van der Waals surface area contributed by atoms with Crippen molar-refractivity contribution < 1.29 is 13.2 Å². The van der Waals surface area contributed by atoms with Crippen molar-refractivity contribution in [1.82, 2.24) is 5.32 Å². The van der Waals surface area contributed by atoms with Crippen molar-refractivity contribution in [3.05, 3.63) is 71.3 Å². The number of amides is 1. The molecule has 1 N–H and O–H groups in total. The molecule has 0 heterocycles. The van der Waals surface area contributed by atoms with Gasteiger partial charge in [0.05, 0.1) is 10.6 Å². The molecule has 132 valence electrons. The van der Waals surface area contributed by atoms with Crippen LogP contribution in [0.1, 0.15) is 15.9 Å². The first-order valence-corrected chi connectivity index (χ1v) is 9.33. The Morgan fingerprint density at radius 3 is 2.44 bits per heavy atom. The Kier molecular flexibility index (Phi) is 5.87. The van der Waals surface area contributed by atoms with Gasteiger partial charge in [0, 0.05) is 24.2 Å². The van der Waals surface area contributed by atoms with Crippen molar-refractivity contribution in [3.8, 4) is 0 Å². The second kappa shape index (κ2) is 7.72. The molecule has 0 aromatic heterocycles. The molecule has 2 aromatic rings. The number of halogens is 1. The lowest BCUT2D eigenvalue weighted by Gasteiger charge is -2.22. The highest BCUT2D eigenvalue weighted by molar-refractivity contribution is 7.92. The molecule has 0 radical (unpaired) electrons. The largest absolute Gasteiger partial charge is 0.349 e. The summed E-state index contributed by atoms with van der Waals surface area (Å²) in [5, 5.41) is 3.15. The summed E-state index contributed by atoms with van der Waals surface area (Å²) >= 11 is 5.81. The minimum Gasteiger partial charge on any atom is -0.349 e. The van der Waals surface area contributed by atoms with Crippen LogP contribution >= 0.6 is 11.6 Å². The maximum atomic E-state index is 12.7. The van der Waals surface area contributed by atoms with E-state index in [1.807, 2.05) is 0 Å². The zero-order valence-electron chi connectivity index (χ0n) is 14.0. The fraction of sp³-hybridized carbons (Fsp3) is 0.167. The fourth-order valence-electron chi connectivity index (χ4n) is 2.31. The van der Waals surface area contributed by atoms with Crippen LogP contribution in [0.15, 0.2) is 60.0 Å². The van der Waals surface area contributed by atoms with Gasteiger partial charge in [-0.2, -0.15) is 0 Å². The van der Waals surface area contributed by atoms with Gasteiger partial charge in [0.2, 0.25) is 0 Å². The minimum absolute atomic E-state index is 0.145. The van der Waals surface area contributed by atoms with E-state index >= 15 is 0 Å². The highest BCUT2D eigenvalue weighted by Gasteiger charge is 2.22. The molecule has 1 amide bonds. The van der Waals surface area contributed by atoms with E-state index in [-0.39, 0.29) is 10.8 Å². The summed E-state index contributed by atoms with van der Waals surface area (Å²) < 4.78 is 26.7. The third-order valence-corrected chi connectivity index (χ3v) is 5.71. The molecule has 0 aliphatic carbocycles. The Hall–Kier alpha value is -2.31. The van der Waals surface area contributed by atoms with Crippen molar-refractivity contribution in [2.75, 3.05) is 17.9 Å². The van der Waals surface area contributed by atoms with Gasteiger partial charge in [-0.1, -0.05) is 17.7 Å². The van der Waals surface area contributed by atoms with E-state index in [1.54, 1.807) is 31.2 Å². The first-order chi connectivity index (χ1) is 11.8. The second-order valence-electron chi connectivity index (χ2n) is 5.43. The zero-order chi connectivity index (χ0) is 18.6. The van der Waals surface area contributed by atoms with E-state index in [1.165, 1.54) is 35.6 Å². The molecule has 0 saturated heterocycles. The third kappa shape index (κ3) is 4.21. The Bertz CT molecular complexity index is 893. The lowest BCUT2D eigenvalue weighted by atomic mass is 10.1. The van der Waals surface area contributed by atoms with E-state index < -0.39 is 10.0 Å². The van der Waals surface area contributed by atoms with Gasteiger partial charge in [-0.05, 0) is 55.0 Å². The summed E-state index contributed by atoms with van der Waals surface area (Å²) in [6.45, 7) is 5.67. The van der Waals surface area contributed by atoms with Crippen molar-refractivity contribution in [2.24, 2.45) is 0 Å². The number of sulfonamides is 1. The normalized spacial score (nSPS) is 11.0. The molecule has 5 nitrogen and oxygen atoms in total. The summed E-state index contributed by atoms with van der Waals surface area (Å²) in [4.78, 5) is 12.1.